The van der Waals surface area contributed by atoms with Crippen LogP contribution in [-0.2, 0) is 32.5 Å². The molecule has 6 nitrogen and oxygen atoms in total. The Morgan fingerprint density at radius 1 is 0.906 bits per heavy atom. The van der Waals surface area contributed by atoms with Gasteiger partial charge in [-0.25, -0.2) is 8.42 Å². The summed E-state index contributed by atoms with van der Waals surface area (Å²) in [7, 11) is -1.94. The average Bonchev–Trinajstić information content (AvgIpc) is 2.84. The van der Waals surface area contributed by atoms with Gasteiger partial charge in [0, 0.05) is 6.54 Å². The largest absolute Gasteiger partial charge is 0.497 e. The van der Waals surface area contributed by atoms with Gasteiger partial charge in [0.2, 0.25) is 5.91 Å². The van der Waals surface area contributed by atoms with Crippen LogP contribution < -0.4 is 10.1 Å². The Kier molecular flexibility index (Phi) is 8.41. The van der Waals surface area contributed by atoms with Gasteiger partial charge in [0.05, 0.1) is 24.4 Å². The van der Waals surface area contributed by atoms with Crippen LogP contribution in [0.4, 0.5) is 0 Å². The van der Waals surface area contributed by atoms with E-state index in [9.17, 15) is 13.2 Å². The molecule has 0 aliphatic heterocycles. The van der Waals surface area contributed by atoms with Gasteiger partial charge in [0.15, 0.2) is 9.84 Å². The number of hydrogen-bond donors (Lipinski definition) is 1. The van der Waals surface area contributed by atoms with Gasteiger partial charge < -0.3 is 14.8 Å². The van der Waals surface area contributed by atoms with Crippen LogP contribution >= 0.6 is 0 Å². The number of carbonyl (C=O) groups excluding carboxylic acids is 1. The highest BCUT2D eigenvalue weighted by atomic mass is 32.2. The molecule has 1 atom stereocenters. The minimum atomic E-state index is -3.52. The van der Waals surface area contributed by atoms with E-state index in [1.807, 2.05) is 54.6 Å². The SMILES string of the molecule is COc1cccc(CNC(=O)C(CCS(=O)(=O)c2ccccc2)OCc2ccccc2)c1. The van der Waals surface area contributed by atoms with Gasteiger partial charge in [-0.3, -0.25) is 4.79 Å². The van der Waals surface area contributed by atoms with Crippen molar-refractivity contribution in [2.24, 2.45) is 0 Å². The molecule has 1 amide bonds. The third kappa shape index (κ3) is 6.93. The number of sulfone groups is 1. The van der Waals surface area contributed by atoms with Crippen LogP contribution in [0.15, 0.2) is 89.8 Å². The molecular weight excluding hydrogens is 426 g/mol. The summed E-state index contributed by atoms with van der Waals surface area (Å²) in [6.07, 6.45) is -0.854. The van der Waals surface area contributed by atoms with Crippen LogP contribution in [0.3, 0.4) is 0 Å². The molecular formula is C25H27NO5S. The van der Waals surface area contributed by atoms with Gasteiger partial charge in [-0.2, -0.15) is 0 Å². The predicted octanol–water partition coefficient (Wildman–Crippen LogP) is 3.76. The molecule has 0 aromatic heterocycles. The second kappa shape index (κ2) is 11.5. The van der Waals surface area contributed by atoms with Gasteiger partial charge in [0.25, 0.3) is 0 Å². The van der Waals surface area contributed by atoms with Gasteiger partial charge >= 0.3 is 0 Å². The minimum absolute atomic E-state index is 0.0496. The van der Waals surface area contributed by atoms with E-state index in [1.165, 1.54) is 0 Å². The lowest BCUT2D eigenvalue weighted by Crippen LogP contribution is -2.37. The smallest absolute Gasteiger partial charge is 0.249 e. The summed E-state index contributed by atoms with van der Waals surface area (Å²) < 4.78 is 36.4. The van der Waals surface area contributed by atoms with Crippen LogP contribution in [0.5, 0.6) is 5.75 Å². The maximum absolute atomic E-state index is 12.9. The molecule has 3 rings (SSSR count). The fourth-order valence-corrected chi connectivity index (χ4v) is 4.49. The van der Waals surface area contributed by atoms with E-state index in [0.717, 1.165) is 11.1 Å². The lowest BCUT2D eigenvalue weighted by molar-refractivity contribution is -0.134. The van der Waals surface area contributed by atoms with Gasteiger partial charge in [-0.15, -0.1) is 0 Å². The number of benzene rings is 3. The molecule has 32 heavy (non-hydrogen) atoms. The summed E-state index contributed by atoms with van der Waals surface area (Å²) in [5.41, 5.74) is 1.78. The molecule has 0 saturated heterocycles. The Hall–Kier alpha value is -3.16. The Balaban J connectivity index is 1.66. The van der Waals surface area contributed by atoms with Crippen LogP contribution in [0, 0.1) is 0 Å². The summed E-state index contributed by atoms with van der Waals surface area (Å²) in [5, 5.41) is 2.85. The molecule has 0 saturated carbocycles. The van der Waals surface area contributed by atoms with Crippen LogP contribution in [0.1, 0.15) is 17.5 Å². The quantitative estimate of drug-likeness (QED) is 0.478. The predicted molar refractivity (Wildman–Crippen MR) is 123 cm³/mol. The zero-order valence-corrected chi connectivity index (χ0v) is 18.8. The number of nitrogens with one attached hydrogen (secondary N) is 1. The zero-order chi connectivity index (χ0) is 22.8. The Labute approximate surface area is 189 Å². The van der Waals surface area contributed by atoms with Crippen LogP contribution in [-0.4, -0.2) is 33.3 Å². The number of ether oxygens (including phenoxy) is 2. The molecule has 1 N–H and O–H groups in total. The number of methoxy groups -OCH3 is 1. The number of rotatable bonds is 11. The van der Waals surface area contributed by atoms with E-state index < -0.39 is 15.9 Å². The van der Waals surface area contributed by atoms with Crippen molar-refractivity contribution in [3.05, 3.63) is 96.1 Å². The maximum atomic E-state index is 12.9. The molecule has 0 aliphatic rings. The lowest BCUT2D eigenvalue weighted by atomic mass is 10.2. The van der Waals surface area contributed by atoms with E-state index >= 15 is 0 Å². The summed E-state index contributed by atoms with van der Waals surface area (Å²) >= 11 is 0. The van der Waals surface area contributed by atoms with Gasteiger partial charge in [0.1, 0.15) is 11.9 Å². The first-order valence-electron chi connectivity index (χ1n) is 10.3. The monoisotopic (exact) mass is 453 g/mol. The van der Waals surface area contributed by atoms with Crippen molar-refractivity contribution in [2.45, 2.75) is 30.6 Å². The third-order valence-electron chi connectivity index (χ3n) is 4.94. The highest BCUT2D eigenvalue weighted by Gasteiger charge is 2.23. The Morgan fingerprint density at radius 2 is 1.56 bits per heavy atom. The fourth-order valence-electron chi connectivity index (χ4n) is 3.15. The topological polar surface area (TPSA) is 81.7 Å². The van der Waals surface area contributed by atoms with Crippen molar-refractivity contribution in [1.29, 1.82) is 0 Å². The highest BCUT2D eigenvalue weighted by molar-refractivity contribution is 7.91. The fraction of sp³-hybridized carbons (Fsp3) is 0.240. The number of amides is 1. The molecule has 7 heteroatoms. The standard InChI is InChI=1S/C25H27NO5S/c1-30-22-12-8-11-21(17-22)18-26-25(27)24(31-19-20-9-4-2-5-10-20)15-16-32(28,29)23-13-6-3-7-14-23/h2-14,17,24H,15-16,18-19H2,1H3,(H,26,27). The first-order valence-corrected chi connectivity index (χ1v) is 12.0. The van der Waals surface area contributed by atoms with Crippen LogP contribution in [0.2, 0.25) is 0 Å². The van der Waals surface area contributed by atoms with Crippen molar-refractivity contribution in [3.8, 4) is 5.75 Å². The first kappa shape index (κ1) is 23.5. The Morgan fingerprint density at radius 3 is 2.25 bits per heavy atom. The summed E-state index contributed by atoms with van der Waals surface area (Å²) in [6, 6.07) is 25.1. The van der Waals surface area contributed by atoms with E-state index in [2.05, 4.69) is 5.32 Å². The normalized spacial score (nSPS) is 12.2. The molecule has 3 aromatic carbocycles. The lowest BCUT2D eigenvalue weighted by Gasteiger charge is -2.18. The van der Waals surface area contributed by atoms with Crippen molar-refractivity contribution >= 4 is 15.7 Å². The number of carbonyl (C=O) groups is 1. The van der Waals surface area contributed by atoms with Crippen molar-refractivity contribution < 1.29 is 22.7 Å². The number of hydrogen-bond acceptors (Lipinski definition) is 5. The minimum Gasteiger partial charge on any atom is -0.497 e. The van der Waals surface area contributed by atoms with E-state index in [1.54, 1.807) is 37.4 Å². The first-order chi connectivity index (χ1) is 15.5. The average molecular weight is 454 g/mol. The van der Waals surface area contributed by atoms with Crippen molar-refractivity contribution in [3.63, 3.8) is 0 Å². The van der Waals surface area contributed by atoms with Crippen LogP contribution in [0.25, 0.3) is 0 Å². The van der Waals surface area contributed by atoms with Crippen molar-refractivity contribution in [2.75, 3.05) is 12.9 Å². The molecule has 168 valence electrons. The molecule has 0 radical (unpaired) electrons. The zero-order valence-electron chi connectivity index (χ0n) is 17.9. The van der Waals surface area contributed by atoms with Crippen molar-refractivity contribution in [1.82, 2.24) is 5.32 Å². The molecule has 0 heterocycles. The van der Waals surface area contributed by atoms with Gasteiger partial charge in [-0.05, 0) is 41.8 Å². The van der Waals surface area contributed by atoms with E-state index in [4.69, 9.17) is 9.47 Å². The molecule has 0 spiro atoms. The molecule has 3 aromatic rings. The van der Waals surface area contributed by atoms with E-state index in [0.29, 0.717) is 5.75 Å². The van der Waals surface area contributed by atoms with E-state index in [-0.39, 0.29) is 36.1 Å². The summed E-state index contributed by atoms with van der Waals surface area (Å²) in [6.45, 7) is 0.496. The second-order valence-electron chi connectivity index (χ2n) is 7.28. The molecule has 0 bridgehead atoms. The molecule has 1 unspecified atom stereocenters. The Bertz CT molecular complexity index is 1100. The maximum Gasteiger partial charge on any atom is 0.249 e. The van der Waals surface area contributed by atoms with Gasteiger partial charge in [-0.1, -0.05) is 60.7 Å². The third-order valence-corrected chi connectivity index (χ3v) is 6.70. The second-order valence-corrected chi connectivity index (χ2v) is 9.38. The molecule has 0 fully saturated rings. The highest BCUT2D eigenvalue weighted by Crippen LogP contribution is 2.15. The molecule has 0 aliphatic carbocycles. The summed E-state index contributed by atoms with van der Waals surface area (Å²) in [4.78, 5) is 13.1. The summed E-state index contributed by atoms with van der Waals surface area (Å²) in [5.74, 6) is 0.151.